The Morgan fingerprint density at radius 2 is 1.52 bits per heavy atom. The number of ether oxygens (including phenoxy) is 3. The molecule has 13 heteroatoms. The standard InChI is InChI=1S/C16H27N3O10/c1-4-7(17)10(22)9(19-6(3)21)16(27-4)29-12-11(23)8(18-5(2)20)15(26)28-13(12)14(24)25/h4,7-13,15-16,22-23,26H,17H2,1-3H3,(H,18,20)(H,19,21)(H,24,25)/t4-,7+,8-,9-,10+,11-,12-,13-,15-,16+/m1/s1. The number of carboxylic acid groups (broad SMARTS) is 1. The monoisotopic (exact) mass is 421 g/mol. The molecule has 2 rings (SSSR count). The highest BCUT2D eigenvalue weighted by atomic mass is 16.7. The highest BCUT2D eigenvalue weighted by molar-refractivity contribution is 5.75. The van der Waals surface area contributed by atoms with Crippen molar-refractivity contribution in [2.45, 2.75) is 82.0 Å². The number of carbonyl (C=O) groups excluding carboxylic acids is 2. The molecule has 0 bridgehead atoms. The lowest BCUT2D eigenvalue weighted by molar-refractivity contribution is -0.309. The Hall–Kier alpha value is -1.87. The first-order chi connectivity index (χ1) is 13.4. The number of aliphatic hydroxyl groups is 3. The number of hydrogen-bond acceptors (Lipinski definition) is 10. The normalized spacial score (nSPS) is 42.7. The summed E-state index contributed by atoms with van der Waals surface area (Å²) >= 11 is 0. The van der Waals surface area contributed by atoms with E-state index in [1.54, 1.807) is 6.92 Å². The molecule has 2 aliphatic heterocycles. The minimum atomic E-state index is -1.82. The van der Waals surface area contributed by atoms with E-state index in [9.17, 15) is 34.8 Å². The van der Waals surface area contributed by atoms with Crippen LogP contribution in [-0.2, 0) is 28.6 Å². The van der Waals surface area contributed by atoms with Crippen LogP contribution in [-0.4, -0.2) is 99.4 Å². The number of hydrogen-bond donors (Lipinski definition) is 7. The maximum Gasteiger partial charge on any atom is 0.335 e. The zero-order valence-corrected chi connectivity index (χ0v) is 16.1. The molecule has 29 heavy (non-hydrogen) atoms. The van der Waals surface area contributed by atoms with E-state index in [-0.39, 0.29) is 0 Å². The van der Waals surface area contributed by atoms with Gasteiger partial charge >= 0.3 is 5.97 Å². The van der Waals surface area contributed by atoms with Crippen LogP contribution in [0.2, 0.25) is 0 Å². The molecule has 0 aromatic carbocycles. The van der Waals surface area contributed by atoms with E-state index in [4.69, 9.17) is 19.9 Å². The molecule has 0 aliphatic carbocycles. The molecular formula is C16H27N3O10. The summed E-state index contributed by atoms with van der Waals surface area (Å²) in [5.74, 6) is -2.69. The zero-order chi connectivity index (χ0) is 22.0. The van der Waals surface area contributed by atoms with Crippen LogP contribution in [0.1, 0.15) is 20.8 Å². The minimum Gasteiger partial charge on any atom is -0.479 e. The summed E-state index contributed by atoms with van der Waals surface area (Å²) in [5.41, 5.74) is 5.85. The maximum absolute atomic E-state index is 11.6. The number of nitrogens with one attached hydrogen (secondary N) is 2. The van der Waals surface area contributed by atoms with E-state index >= 15 is 0 Å². The van der Waals surface area contributed by atoms with Crippen molar-refractivity contribution < 1.29 is 49.0 Å². The topological polar surface area (TPSA) is 210 Å². The van der Waals surface area contributed by atoms with Crippen molar-refractivity contribution >= 4 is 17.8 Å². The average Bonchev–Trinajstić information content (AvgIpc) is 2.61. The molecule has 0 aromatic heterocycles. The summed E-state index contributed by atoms with van der Waals surface area (Å²) in [6, 6.07) is -3.43. The SMILES string of the molecule is CC(=O)N[C@@H]1[C@@H](O)[C@@H](O[C@@H]2O[C@H](C)[C@H](N)[C@H](O)[C@H]2NC(C)=O)[C@H](C(=O)O)O[C@H]1O. The third-order valence-corrected chi connectivity index (χ3v) is 4.82. The van der Waals surface area contributed by atoms with Crippen molar-refractivity contribution in [1.29, 1.82) is 0 Å². The number of aliphatic hydroxyl groups excluding tert-OH is 3. The third kappa shape index (κ3) is 5.19. The van der Waals surface area contributed by atoms with Gasteiger partial charge in [0.1, 0.15) is 24.3 Å². The molecule has 2 aliphatic rings. The Morgan fingerprint density at radius 1 is 0.966 bits per heavy atom. The van der Waals surface area contributed by atoms with Gasteiger partial charge in [-0.15, -0.1) is 0 Å². The molecule has 10 atom stereocenters. The molecule has 0 saturated carbocycles. The molecule has 0 unspecified atom stereocenters. The van der Waals surface area contributed by atoms with Gasteiger partial charge in [0.25, 0.3) is 0 Å². The molecule has 2 saturated heterocycles. The van der Waals surface area contributed by atoms with Gasteiger partial charge in [0.05, 0.1) is 18.2 Å². The Bertz CT molecular complexity index is 634. The molecule has 13 nitrogen and oxygen atoms in total. The summed E-state index contributed by atoms with van der Waals surface area (Å²) < 4.78 is 16.2. The molecule has 0 spiro atoms. The Labute approximate surface area is 166 Å². The predicted molar refractivity (Wildman–Crippen MR) is 92.9 cm³/mol. The second-order valence-electron chi connectivity index (χ2n) is 7.11. The Balaban J connectivity index is 2.30. The average molecular weight is 421 g/mol. The van der Waals surface area contributed by atoms with Crippen molar-refractivity contribution in [1.82, 2.24) is 10.6 Å². The molecule has 166 valence electrons. The van der Waals surface area contributed by atoms with Gasteiger partial charge in [-0.05, 0) is 6.92 Å². The van der Waals surface area contributed by atoms with Crippen LogP contribution < -0.4 is 16.4 Å². The largest absolute Gasteiger partial charge is 0.479 e. The van der Waals surface area contributed by atoms with Crippen LogP contribution in [0.5, 0.6) is 0 Å². The first-order valence-electron chi connectivity index (χ1n) is 8.97. The summed E-state index contributed by atoms with van der Waals surface area (Å²) in [6.07, 6.45) is -10.4. The molecule has 2 heterocycles. The van der Waals surface area contributed by atoms with Crippen LogP contribution >= 0.6 is 0 Å². The number of rotatable bonds is 5. The lowest BCUT2D eigenvalue weighted by Crippen LogP contribution is -2.70. The molecule has 2 amide bonds. The van der Waals surface area contributed by atoms with E-state index in [1.165, 1.54) is 6.92 Å². The molecule has 2 fully saturated rings. The first-order valence-corrected chi connectivity index (χ1v) is 8.97. The van der Waals surface area contributed by atoms with Crippen molar-refractivity contribution in [3.05, 3.63) is 0 Å². The van der Waals surface area contributed by atoms with Gasteiger partial charge in [0.15, 0.2) is 18.7 Å². The van der Waals surface area contributed by atoms with Crippen molar-refractivity contribution in [2.24, 2.45) is 5.73 Å². The fourth-order valence-electron chi connectivity index (χ4n) is 3.33. The smallest absolute Gasteiger partial charge is 0.335 e. The van der Waals surface area contributed by atoms with Crippen LogP contribution in [0.15, 0.2) is 0 Å². The number of carbonyl (C=O) groups is 3. The first kappa shape index (κ1) is 23.4. The highest BCUT2D eigenvalue weighted by Gasteiger charge is 2.52. The maximum atomic E-state index is 11.6. The van der Waals surface area contributed by atoms with Gasteiger partial charge in [-0.2, -0.15) is 0 Å². The number of amides is 2. The Kier molecular flexibility index (Phi) is 7.50. The lowest BCUT2D eigenvalue weighted by atomic mass is 9.94. The van der Waals surface area contributed by atoms with Crippen LogP contribution in [0.4, 0.5) is 0 Å². The van der Waals surface area contributed by atoms with Crippen molar-refractivity contribution in [3.8, 4) is 0 Å². The van der Waals surface area contributed by atoms with E-state index < -0.39 is 79.0 Å². The summed E-state index contributed by atoms with van der Waals surface area (Å²) in [7, 11) is 0. The van der Waals surface area contributed by atoms with Gasteiger partial charge in [-0.25, -0.2) is 4.79 Å². The van der Waals surface area contributed by atoms with Crippen molar-refractivity contribution in [3.63, 3.8) is 0 Å². The number of aliphatic carboxylic acids is 1. The van der Waals surface area contributed by atoms with E-state index in [0.717, 1.165) is 6.92 Å². The van der Waals surface area contributed by atoms with Gasteiger partial charge in [-0.1, -0.05) is 0 Å². The van der Waals surface area contributed by atoms with Crippen LogP contribution in [0.3, 0.4) is 0 Å². The highest BCUT2D eigenvalue weighted by Crippen LogP contribution is 2.28. The number of carboxylic acids is 1. The molecular weight excluding hydrogens is 394 g/mol. The van der Waals surface area contributed by atoms with E-state index in [2.05, 4.69) is 10.6 Å². The van der Waals surface area contributed by atoms with E-state index in [0.29, 0.717) is 0 Å². The minimum absolute atomic E-state index is 0.533. The van der Waals surface area contributed by atoms with Gasteiger partial charge in [0.2, 0.25) is 11.8 Å². The lowest BCUT2D eigenvalue weighted by Gasteiger charge is -2.46. The van der Waals surface area contributed by atoms with Gasteiger partial charge < -0.3 is 51.0 Å². The molecule has 8 N–H and O–H groups in total. The number of nitrogens with two attached hydrogens (primary N) is 1. The molecule has 0 radical (unpaired) electrons. The second-order valence-corrected chi connectivity index (χ2v) is 7.11. The zero-order valence-electron chi connectivity index (χ0n) is 16.1. The van der Waals surface area contributed by atoms with Crippen LogP contribution in [0, 0.1) is 0 Å². The fourth-order valence-corrected chi connectivity index (χ4v) is 3.33. The molecule has 0 aromatic rings. The fraction of sp³-hybridized carbons (Fsp3) is 0.812. The summed E-state index contributed by atoms with van der Waals surface area (Å²) in [5, 5.41) is 45.0. The summed E-state index contributed by atoms with van der Waals surface area (Å²) in [4.78, 5) is 34.4. The third-order valence-electron chi connectivity index (χ3n) is 4.82. The van der Waals surface area contributed by atoms with Crippen LogP contribution in [0.25, 0.3) is 0 Å². The Morgan fingerprint density at radius 3 is 2.03 bits per heavy atom. The van der Waals surface area contributed by atoms with E-state index in [1.807, 2.05) is 0 Å². The van der Waals surface area contributed by atoms with Gasteiger partial charge in [-0.3, -0.25) is 9.59 Å². The predicted octanol–water partition coefficient (Wildman–Crippen LogP) is -4.02. The summed E-state index contributed by atoms with van der Waals surface area (Å²) in [6.45, 7) is 3.87. The quantitative estimate of drug-likeness (QED) is 0.227. The van der Waals surface area contributed by atoms with Gasteiger partial charge in [0, 0.05) is 13.8 Å². The van der Waals surface area contributed by atoms with Crippen molar-refractivity contribution in [2.75, 3.05) is 0 Å². The second kappa shape index (κ2) is 9.30.